The molecule has 8 heteroatoms. The number of fused-ring (bicyclic) bond motifs is 1. The molecular formula is C17H18N6O2. The molecule has 4 rings (SSSR count). The molecule has 1 amide bonds. The smallest absolute Gasteiger partial charge is 0.407 e. The van der Waals surface area contributed by atoms with Crippen LogP contribution in [0.25, 0.3) is 17.0 Å². The maximum Gasteiger partial charge on any atom is 0.407 e. The summed E-state index contributed by atoms with van der Waals surface area (Å²) in [6.07, 6.45) is 6.17. The molecule has 1 aliphatic heterocycles. The van der Waals surface area contributed by atoms with Crippen LogP contribution in [-0.4, -0.2) is 54.6 Å². The van der Waals surface area contributed by atoms with Gasteiger partial charge >= 0.3 is 6.09 Å². The van der Waals surface area contributed by atoms with E-state index in [9.17, 15) is 4.79 Å². The lowest BCUT2D eigenvalue weighted by atomic mass is 10.1. The molecule has 1 aliphatic rings. The molecule has 1 saturated heterocycles. The number of nitrogens with zero attached hydrogens (tertiary/aromatic N) is 5. The molecule has 25 heavy (non-hydrogen) atoms. The van der Waals surface area contributed by atoms with Crippen molar-refractivity contribution in [3.8, 4) is 11.4 Å². The summed E-state index contributed by atoms with van der Waals surface area (Å²) >= 11 is 0. The number of rotatable bonds is 3. The first-order valence-electron chi connectivity index (χ1n) is 8.11. The van der Waals surface area contributed by atoms with Crippen LogP contribution < -0.4 is 5.32 Å². The molecule has 0 bridgehead atoms. The predicted octanol–water partition coefficient (Wildman–Crippen LogP) is 2.20. The van der Waals surface area contributed by atoms with Gasteiger partial charge in [-0.1, -0.05) is 13.0 Å². The Kier molecular flexibility index (Phi) is 3.72. The number of hydrogen-bond donors (Lipinski definition) is 2. The van der Waals surface area contributed by atoms with Gasteiger partial charge in [-0.2, -0.15) is 0 Å². The average molecular weight is 338 g/mol. The molecule has 3 aromatic heterocycles. The van der Waals surface area contributed by atoms with Gasteiger partial charge in [-0.25, -0.2) is 14.8 Å². The number of amides is 1. The van der Waals surface area contributed by atoms with Crippen molar-refractivity contribution in [3.05, 3.63) is 43.0 Å². The quantitative estimate of drug-likeness (QED) is 0.760. The highest BCUT2D eigenvalue weighted by Crippen LogP contribution is 2.22. The Balaban J connectivity index is 1.59. The van der Waals surface area contributed by atoms with Crippen LogP contribution in [0.4, 0.5) is 10.6 Å². The molecule has 0 spiro atoms. The maximum absolute atomic E-state index is 11.1. The van der Waals surface area contributed by atoms with Gasteiger partial charge in [0.05, 0.1) is 24.3 Å². The number of imidazole rings is 1. The molecule has 2 atom stereocenters. The molecule has 1 fully saturated rings. The van der Waals surface area contributed by atoms with Crippen LogP contribution in [0.15, 0.2) is 43.0 Å². The standard InChI is InChI=1S/C17H18N6O2/c1-11-9-22(17(24)25)10-13(11)21-15-8-18-6-12(20-15)14-7-19-16-4-2-3-5-23(14)16/h2-8,11,13H,9-10H2,1H3,(H,20,21)(H,24,25)/t11-,13+/m1/s1. The minimum atomic E-state index is -0.887. The van der Waals surface area contributed by atoms with Gasteiger partial charge in [-0.3, -0.25) is 9.38 Å². The molecule has 0 aromatic carbocycles. The largest absolute Gasteiger partial charge is 0.465 e. The fourth-order valence-electron chi connectivity index (χ4n) is 3.18. The molecule has 0 aliphatic carbocycles. The minimum absolute atomic E-state index is 0.0165. The predicted molar refractivity (Wildman–Crippen MR) is 92.4 cm³/mol. The zero-order valence-electron chi connectivity index (χ0n) is 13.7. The number of pyridine rings is 1. The van der Waals surface area contributed by atoms with Crippen molar-refractivity contribution in [2.45, 2.75) is 13.0 Å². The normalized spacial score (nSPS) is 20.1. The van der Waals surface area contributed by atoms with Gasteiger partial charge in [-0.15, -0.1) is 0 Å². The third-order valence-electron chi connectivity index (χ3n) is 4.53. The molecule has 0 saturated carbocycles. The number of carboxylic acid groups (broad SMARTS) is 1. The van der Waals surface area contributed by atoms with Crippen molar-refractivity contribution in [1.29, 1.82) is 0 Å². The lowest BCUT2D eigenvalue weighted by molar-refractivity contribution is 0.154. The van der Waals surface area contributed by atoms with Gasteiger partial charge in [0.1, 0.15) is 17.2 Å². The van der Waals surface area contributed by atoms with Gasteiger partial charge < -0.3 is 15.3 Å². The molecule has 0 radical (unpaired) electrons. The number of hydrogen-bond acceptors (Lipinski definition) is 5. The van der Waals surface area contributed by atoms with E-state index < -0.39 is 6.09 Å². The van der Waals surface area contributed by atoms with E-state index in [1.807, 2.05) is 35.7 Å². The summed E-state index contributed by atoms with van der Waals surface area (Å²) in [4.78, 5) is 25.8. The topological polar surface area (TPSA) is 95.7 Å². The molecule has 3 aromatic rings. The number of anilines is 1. The molecule has 128 valence electrons. The number of nitrogens with one attached hydrogen (secondary N) is 1. The summed E-state index contributed by atoms with van der Waals surface area (Å²) in [5.74, 6) is 0.838. The number of carbonyl (C=O) groups is 1. The Morgan fingerprint density at radius 3 is 2.96 bits per heavy atom. The first kappa shape index (κ1) is 15.4. The SMILES string of the molecule is C[C@@H]1CN(C(=O)O)C[C@@H]1Nc1cncc(-c2cnc3ccccn23)n1. The van der Waals surface area contributed by atoms with E-state index >= 15 is 0 Å². The highest BCUT2D eigenvalue weighted by atomic mass is 16.4. The van der Waals surface area contributed by atoms with Crippen molar-refractivity contribution in [2.24, 2.45) is 5.92 Å². The highest BCUT2D eigenvalue weighted by molar-refractivity contribution is 5.66. The minimum Gasteiger partial charge on any atom is -0.465 e. The summed E-state index contributed by atoms with van der Waals surface area (Å²) in [6, 6.07) is 5.82. The van der Waals surface area contributed by atoms with Crippen molar-refractivity contribution < 1.29 is 9.90 Å². The maximum atomic E-state index is 11.1. The molecule has 2 N–H and O–H groups in total. The molecular weight excluding hydrogens is 320 g/mol. The van der Waals surface area contributed by atoms with Crippen molar-refractivity contribution >= 4 is 17.6 Å². The fourth-order valence-corrected chi connectivity index (χ4v) is 3.18. The van der Waals surface area contributed by atoms with E-state index in [0.29, 0.717) is 24.6 Å². The number of aromatic nitrogens is 4. The molecule has 4 heterocycles. The van der Waals surface area contributed by atoms with Crippen LogP contribution >= 0.6 is 0 Å². The second-order valence-corrected chi connectivity index (χ2v) is 6.28. The van der Waals surface area contributed by atoms with Gasteiger partial charge in [0.2, 0.25) is 0 Å². The van der Waals surface area contributed by atoms with Crippen LogP contribution in [-0.2, 0) is 0 Å². The second-order valence-electron chi connectivity index (χ2n) is 6.28. The van der Waals surface area contributed by atoms with Gasteiger partial charge in [0.25, 0.3) is 0 Å². The first-order valence-corrected chi connectivity index (χ1v) is 8.11. The zero-order valence-corrected chi connectivity index (χ0v) is 13.7. The first-order chi connectivity index (χ1) is 12.1. The number of likely N-dealkylation sites (tertiary alicyclic amines) is 1. The summed E-state index contributed by atoms with van der Waals surface area (Å²) < 4.78 is 1.96. The van der Waals surface area contributed by atoms with Crippen LogP contribution in [0.2, 0.25) is 0 Å². The summed E-state index contributed by atoms with van der Waals surface area (Å²) in [5.41, 5.74) is 2.42. The van der Waals surface area contributed by atoms with Gasteiger partial charge in [-0.05, 0) is 18.1 Å². The Morgan fingerprint density at radius 2 is 2.16 bits per heavy atom. The van der Waals surface area contributed by atoms with Crippen LogP contribution in [0, 0.1) is 5.92 Å². The van der Waals surface area contributed by atoms with E-state index in [1.54, 1.807) is 18.6 Å². The molecule has 0 unspecified atom stereocenters. The second kappa shape index (κ2) is 6.04. The molecule has 8 nitrogen and oxygen atoms in total. The average Bonchev–Trinajstić information content (AvgIpc) is 3.19. The monoisotopic (exact) mass is 338 g/mol. The van der Waals surface area contributed by atoms with E-state index in [-0.39, 0.29) is 12.0 Å². The van der Waals surface area contributed by atoms with Crippen molar-refractivity contribution in [1.82, 2.24) is 24.3 Å². The highest BCUT2D eigenvalue weighted by Gasteiger charge is 2.32. The van der Waals surface area contributed by atoms with E-state index in [4.69, 9.17) is 5.11 Å². The van der Waals surface area contributed by atoms with Crippen molar-refractivity contribution in [3.63, 3.8) is 0 Å². The van der Waals surface area contributed by atoms with Crippen molar-refractivity contribution in [2.75, 3.05) is 18.4 Å². The zero-order chi connectivity index (χ0) is 17.4. The summed E-state index contributed by atoms with van der Waals surface area (Å²) in [6.45, 7) is 2.99. The third kappa shape index (κ3) is 2.86. The Hall–Kier alpha value is -3.16. The third-order valence-corrected chi connectivity index (χ3v) is 4.53. The van der Waals surface area contributed by atoms with Crippen LogP contribution in [0.3, 0.4) is 0 Å². The lowest BCUT2D eigenvalue weighted by Gasteiger charge is -2.17. The van der Waals surface area contributed by atoms with Gasteiger partial charge in [0.15, 0.2) is 0 Å². The van der Waals surface area contributed by atoms with E-state index in [1.165, 1.54) is 4.90 Å². The Morgan fingerprint density at radius 1 is 1.28 bits per heavy atom. The lowest BCUT2D eigenvalue weighted by Crippen LogP contribution is -2.30. The van der Waals surface area contributed by atoms with Crippen LogP contribution in [0.5, 0.6) is 0 Å². The van der Waals surface area contributed by atoms with Gasteiger partial charge in [0, 0.05) is 25.3 Å². The van der Waals surface area contributed by atoms with Crippen LogP contribution in [0.1, 0.15) is 6.92 Å². The van der Waals surface area contributed by atoms with E-state index in [2.05, 4.69) is 20.3 Å². The Bertz CT molecular complexity index is 924. The fraction of sp³-hybridized carbons (Fsp3) is 0.294. The summed E-state index contributed by atoms with van der Waals surface area (Å²) in [7, 11) is 0. The van der Waals surface area contributed by atoms with E-state index in [0.717, 1.165) is 11.3 Å². The Labute approximate surface area is 144 Å². The summed E-state index contributed by atoms with van der Waals surface area (Å²) in [5, 5.41) is 12.5.